The van der Waals surface area contributed by atoms with E-state index in [-0.39, 0.29) is 24.7 Å². The van der Waals surface area contributed by atoms with Crippen molar-refractivity contribution >= 4 is 23.3 Å². The molecule has 6 heteroatoms. The third-order valence-electron chi connectivity index (χ3n) is 2.69. The second kappa shape index (κ2) is 6.95. The Morgan fingerprint density at radius 3 is 2.86 bits per heavy atom. The van der Waals surface area contributed by atoms with Crippen LogP contribution >= 0.6 is 11.6 Å². The molecule has 0 saturated carbocycles. The summed E-state index contributed by atoms with van der Waals surface area (Å²) in [5, 5.41) is 0.589. The Morgan fingerprint density at radius 2 is 2.14 bits per heavy atom. The lowest BCUT2D eigenvalue weighted by Crippen LogP contribution is -2.10. The Labute approximate surface area is 127 Å². The fourth-order valence-electron chi connectivity index (χ4n) is 1.70. The number of anilines is 1. The number of pyridine rings is 1. The minimum atomic E-state index is -0.522. The van der Waals surface area contributed by atoms with Gasteiger partial charge in [-0.05, 0) is 19.1 Å². The molecule has 1 aromatic heterocycles. The van der Waals surface area contributed by atoms with Gasteiger partial charge in [-0.1, -0.05) is 29.8 Å². The van der Waals surface area contributed by atoms with E-state index in [1.165, 1.54) is 12.3 Å². The lowest BCUT2D eigenvalue weighted by atomic mass is 10.2. The molecule has 5 nitrogen and oxygen atoms in total. The third kappa shape index (κ3) is 3.86. The molecule has 2 rings (SSSR count). The van der Waals surface area contributed by atoms with Crippen molar-refractivity contribution in [3.8, 4) is 5.88 Å². The van der Waals surface area contributed by atoms with Crippen LogP contribution in [0.2, 0.25) is 5.02 Å². The molecule has 0 saturated heterocycles. The molecule has 0 amide bonds. The van der Waals surface area contributed by atoms with E-state index in [1.807, 2.05) is 18.2 Å². The van der Waals surface area contributed by atoms with Gasteiger partial charge in [0, 0.05) is 10.6 Å². The van der Waals surface area contributed by atoms with Gasteiger partial charge in [-0.15, -0.1) is 0 Å². The molecule has 0 radical (unpaired) electrons. The minimum absolute atomic E-state index is 0.169. The van der Waals surface area contributed by atoms with Gasteiger partial charge in [0.1, 0.15) is 12.2 Å². The number of carbonyl (C=O) groups excluding carboxylic acids is 1. The summed E-state index contributed by atoms with van der Waals surface area (Å²) >= 11 is 6.06. The fraction of sp³-hybridized carbons (Fsp3) is 0.200. The number of nitrogens with zero attached hydrogens (tertiary/aromatic N) is 1. The number of aromatic nitrogens is 1. The highest BCUT2D eigenvalue weighted by Gasteiger charge is 2.16. The molecule has 2 aromatic rings. The van der Waals surface area contributed by atoms with Gasteiger partial charge < -0.3 is 15.2 Å². The van der Waals surface area contributed by atoms with Gasteiger partial charge in [0.25, 0.3) is 0 Å². The number of carbonyl (C=O) groups is 1. The fourth-order valence-corrected chi connectivity index (χ4v) is 1.89. The van der Waals surface area contributed by atoms with Gasteiger partial charge >= 0.3 is 5.97 Å². The SMILES string of the molecule is CCOC(=O)c1cc(N)cnc1OCc1ccccc1Cl. The Hall–Kier alpha value is -2.27. The summed E-state index contributed by atoms with van der Waals surface area (Å²) in [4.78, 5) is 15.9. The molecule has 110 valence electrons. The molecule has 0 spiro atoms. The third-order valence-corrected chi connectivity index (χ3v) is 3.06. The predicted octanol–water partition coefficient (Wildman–Crippen LogP) is 3.07. The van der Waals surface area contributed by atoms with Crippen LogP contribution in [0.25, 0.3) is 0 Å². The zero-order valence-electron chi connectivity index (χ0n) is 11.5. The number of benzene rings is 1. The molecule has 0 aliphatic heterocycles. The maximum Gasteiger partial charge on any atom is 0.343 e. The van der Waals surface area contributed by atoms with E-state index >= 15 is 0 Å². The van der Waals surface area contributed by atoms with Crippen LogP contribution in [0.3, 0.4) is 0 Å². The zero-order valence-corrected chi connectivity index (χ0v) is 12.3. The number of nitrogen functional groups attached to an aromatic ring is 1. The van der Waals surface area contributed by atoms with Gasteiger partial charge in [-0.3, -0.25) is 0 Å². The first-order chi connectivity index (χ1) is 10.1. The van der Waals surface area contributed by atoms with Gasteiger partial charge in [0.2, 0.25) is 5.88 Å². The number of esters is 1. The zero-order chi connectivity index (χ0) is 15.2. The number of rotatable bonds is 5. The predicted molar refractivity (Wildman–Crippen MR) is 80.4 cm³/mol. The molecule has 2 N–H and O–H groups in total. The monoisotopic (exact) mass is 306 g/mol. The largest absolute Gasteiger partial charge is 0.472 e. The van der Waals surface area contributed by atoms with E-state index in [0.29, 0.717) is 10.7 Å². The lowest BCUT2D eigenvalue weighted by Gasteiger charge is -2.11. The summed E-state index contributed by atoms with van der Waals surface area (Å²) in [5.74, 6) is -0.353. The molecule has 0 atom stereocenters. The van der Waals surface area contributed by atoms with E-state index in [9.17, 15) is 4.79 Å². The van der Waals surface area contributed by atoms with Crippen molar-refractivity contribution in [3.63, 3.8) is 0 Å². The molecule has 1 heterocycles. The molecule has 0 aliphatic rings. The minimum Gasteiger partial charge on any atom is -0.472 e. The van der Waals surface area contributed by atoms with Crippen molar-refractivity contribution in [3.05, 3.63) is 52.7 Å². The number of hydrogen-bond donors (Lipinski definition) is 1. The maximum atomic E-state index is 11.9. The summed E-state index contributed by atoms with van der Waals surface area (Å²) in [5.41, 5.74) is 7.01. The quantitative estimate of drug-likeness (QED) is 0.859. The van der Waals surface area contributed by atoms with Gasteiger partial charge in [0.15, 0.2) is 0 Å². The standard InChI is InChI=1S/C15H15ClN2O3/c1-2-20-15(19)12-7-11(17)8-18-14(12)21-9-10-5-3-4-6-13(10)16/h3-8H,2,9,17H2,1H3. The first-order valence-corrected chi connectivity index (χ1v) is 6.78. The summed E-state index contributed by atoms with van der Waals surface area (Å²) in [6.07, 6.45) is 1.42. The van der Waals surface area contributed by atoms with Crippen molar-refractivity contribution in [1.29, 1.82) is 0 Å². The highest BCUT2D eigenvalue weighted by atomic mass is 35.5. The van der Waals surface area contributed by atoms with Crippen LogP contribution in [0.1, 0.15) is 22.8 Å². The first kappa shape index (κ1) is 15.1. The summed E-state index contributed by atoms with van der Waals surface area (Å²) in [6, 6.07) is 8.77. The van der Waals surface area contributed by atoms with E-state index in [1.54, 1.807) is 13.0 Å². The molecule has 0 unspecified atom stereocenters. The highest BCUT2D eigenvalue weighted by molar-refractivity contribution is 6.31. The van der Waals surface area contributed by atoms with Crippen LogP contribution in [0, 0.1) is 0 Å². The summed E-state index contributed by atoms with van der Waals surface area (Å²) < 4.78 is 10.5. The second-order valence-electron chi connectivity index (χ2n) is 4.22. The molecule has 1 aromatic carbocycles. The molecular formula is C15H15ClN2O3. The Balaban J connectivity index is 2.20. The average molecular weight is 307 g/mol. The Morgan fingerprint density at radius 1 is 1.38 bits per heavy atom. The first-order valence-electron chi connectivity index (χ1n) is 6.40. The molecule has 0 fully saturated rings. The smallest absolute Gasteiger partial charge is 0.343 e. The average Bonchev–Trinajstić information content (AvgIpc) is 2.47. The van der Waals surface area contributed by atoms with Crippen LogP contribution < -0.4 is 10.5 Å². The maximum absolute atomic E-state index is 11.9. The molecule has 0 aliphatic carbocycles. The van der Waals surface area contributed by atoms with Crippen molar-refractivity contribution in [1.82, 2.24) is 4.98 Å². The lowest BCUT2D eigenvalue weighted by molar-refractivity contribution is 0.0520. The Bertz CT molecular complexity index is 647. The topological polar surface area (TPSA) is 74.4 Å². The van der Waals surface area contributed by atoms with Crippen molar-refractivity contribution in [2.24, 2.45) is 0 Å². The second-order valence-corrected chi connectivity index (χ2v) is 4.63. The number of ether oxygens (including phenoxy) is 2. The van der Waals surface area contributed by atoms with Crippen LogP contribution in [0.5, 0.6) is 5.88 Å². The number of hydrogen-bond acceptors (Lipinski definition) is 5. The highest BCUT2D eigenvalue weighted by Crippen LogP contribution is 2.22. The van der Waals surface area contributed by atoms with E-state index in [4.69, 9.17) is 26.8 Å². The molecule has 0 bridgehead atoms. The van der Waals surface area contributed by atoms with Gasteiger partial charge in [-0.25, -0.2) is 9.78 Å². The Kier molecular flexibility index (Phi) is 5.00. The number of halogens is 1. The van der Waals surface area contributed by atoms with Crippen molar-refractivity contribution in [2.45, 2.75) is 13.5 Å². The van der Waals surface area contributed by atoms with Crippen LogP contribution in [0.15, 0.2) is 36.5 Å². The van der Waals surface area contributed by atoms with Crippen molar-refractivity contribution < 1.29 is 14.3 Å². The van der Waals surface area contributed by atoms with Crippen molar-refractivity contribution in [2.75, 3.05) is 12.3 Å². The summed E-state index contributed by atoms with van der Waals surface area (Å²) in [7, 11) is 0. The van der Waals surface area contributed by atoms with E-state index < -0.39 is 5.97 Å². The van der Waals surface area contributed by atoms with E-state index in [2.05, 4.69) is 4.98 Å². The molecule has 21 heavy (non-hydrogen) atoms. The van der Waals surface area contributed by atoms with Gasteiger partial charge in [-0.2, -0.15) is 0 Å². The van der Waals surface area contributed by atoms with Crippen LogP contribution in [-0.4, -0.2) is 17.6 Å². The number of nitrogens with two attached hydrogens (primary N) is 1. The normalized spacial score (nSPS) is 10.2. The van der Waals surface area contributed by atoms with Gasteiger partial charge in [0.05, 0.1) is 18.5 Å². The van der Waals surface area contributed by atoms with Crippen LogP contribution in [-0.2, 0) is 11.3 Å². The van der Waals surface area contributed by atoms with E-state index in [0.717, 1.165) is 5.56 Å². The summed E-state index contributed by atoms with van der Waals surface area (Å²) in [6.45, 7) is 2.18. The van der Waals surface area contributed by atoms with Crippen LogP contribution in [0.4, 0.5) is 5.69 Å². The molecular weight excluding hydrogens is 292 g/mol.